The van der Waals surface area contributed by atoms with Crippen LogP contribution in [0.25, 0.3) is 0 Å². The SMILES string of the molecule is O=C(Nc1ccccc1Br)c1ccccn1. The average Bonchev–Trinajstić information content (AvgIpc) is 2.33. The van der Waals surface area contributed by atoms with Gasteiger partial charge in [0.05, 0.1) is 5.69 Å². The van der Waals surface area contributed by atoms with Crippen LogP contribution in [0.15, 0.2) is 53.1 Å². The van der Waals surface area contributed by atoms with Gasteiger partial charge in [0.25, 0.3) is 5.91 Å². The lowest BCUT2D eigenvalue weighted by atomic mass is 10.3. The second-order valence-electron chi connectivity index (χ2n) is 3.15. The molecule has 0 spiro atoms. The molecule has 0 aliphatic heterocycles. The minimum absolute atomic E-state index is 0.215. The molecule has 0 saturated heterocycles. The molecule has 1 heterocycles. The minimum atomic E-state index is -0.215. The van der Waals surface area contributed by atoms with Gasteiger partial charge in [-0.25, -0.2) is 0 Å². The molecule has 0 fully saturated rings. The highest BCUT2D eigenvalue weighted by molar-refractivity contribution is 9.10. The summed E-state index contributed by atoms with van der Waals surface area (Å²) in [5, 5.41) is 2.78. The molecule has 0 unspecified atom stereocenters. The maximum atomic E-state index is 11.8. The van der Waals surface area contributed by atoms with Crippen LogP contribution in [0.4, 0.5) is 5.69 Å². The van der Waals surface area contributed by atoms with Crippen LogP contribution in [0.5, 0.6) is 0 Å². The Morgan fingerprint density at radius 1 is 1.12 bits per heavy atom. The fourth-order valence-corrected chi connectivity index (χ4v) is 1.63. The standard InChI is InChI=1S/C12H9BrN2O/c13-9-5-1-2-6-10(9)15-12(16)11-7-3-4-8-14-11/h1-8H,(H,15,16). The van der Waals surface area contributed by atoms with Gasteiger partial charge in [0.15, 0.2) is 0 Å². The van der Waals surface area contributed by atoms with Gasteiger partial charge in [-0.2, -0.15) is 0 Å². The van der Waals surface area contributed by atoms with Crippen molar-refractivity contribution < 1.29 is 4.79 Å². The first-order chi connectivity index (χ1) is 7.77. The number of carbonyl (C=O) groups excluding carboxylic acids is 1. The van der Waals surface area contributed by atoms with Crippen molar-refractivity contribution in [3.8, 4) is 0 Å². The van der Waals surface area contributed by atoms with E-state index in [-0.39, 0.29) is 5.91 Å². The number of nitrogens with zero attached hydrogens (tertiary/aromatic N) is 1. The predicted molar refractivity (Wildman–Crippen MR) is 66.3 cm³/mol. The Hall–Kier alpha value is -1.68. The van der Waals surface area contributed by atoms with Crippen molar-refractivity contribution in [3.05, 3.63) is 58.8 Å². The van der Waals surface area contributed by atoms with Gasteiger partial charge < -0.3 is 5.32 Å². The Morgan fingerprint density at radius 2 is 1.88 bits per heavy atom. The second kappa shape index (κ2) is 4.90. The molecule has 1 amide bonds. The van der Waals surface area contributed by atoms with Crippen LogP contribution in [-0.4, -0.2) is 10.9 Å². The molecular weight excluding hydrogens is 268 g/mol. The largest absolute Gasteiger partial charge is 0.320 e. The van der Waals surface area contributed by atoms with Crippen LogP contribution in [0.1, 0.15) is 10.5 Å². The number of amides is 1. The van der Waals surface area contributed by atoms with E-state index in [9.17, 15) is 4.79 Å². The molecule has 3 nitrogen and oxygen atoms in total. The number of pyridine rings is 1. The third-order valence-corrected chi connectivity index (χ3v) is 2.71. The zero-order chi connectivity index (χ0) is 11.4. The van der Waals surface area contributed by atoms with E-state index < -0.39 is 0 Å². The molecule has 0 aliphatic rings. The summed E-state index contributed by atoms with van der Waals surface area (Å²) in [7, 11) is 0. The summed E-state index contributed by atoms with van der Waals surface area (Å²) in [4.78, 5) is 15.7. The number of nitrogens with one attached hydrogen (secondary N) is 1. The Bertz CT molecular complexity index is 499. The average molecular weight is 277 g/mol. The van der Waals surface area contributed by atoms with Gasteiger partial charge in [0, 0.05) is 10.7 Å². The smallest absolute Gasteiger partial charge is 0.274 e. The summed E-state index contributed by atoms with van der Waals surface area (Å²) in [6.45, 7) is 0. The van der Waals surface area contributed by atoms with Gasteiger partial charge in [-0.05, 0) is 40.2 Å². The van der Waals surface area contributed by atoms with E-state index in [1.54, 1.807) is 24.4 Å². The van der Waals surface area contributed by atoms with E-state index in [4.69, 9.17) is 0 Å². The molecule has 2 aromatic rings. The van der Waals surface area contributed by atoms with Crippen LogP contribution < -0.4 is 5.32 Å². The summed E-state index contributed by atoms with van der Waals surface area (Å²) in [6.07, 6.45) is 1.59. The number of rotatable bonds is 2. The monoisotopic (exact) mass is 276 g/mol. The zero-order valence-electron chi connectivity index (χ0n) is 8.35. The highest BCUT2D eigenvalue weighted by Crippen LogP contribution is 2.21. The van der Waals surface area contributed by atoms with Crippen molar-refractivity contribution >= 4 is 27.5 Å². The summed E-state index contributed by atoms with van der Waals surface area (Å²) in [5.74, 6) is -0.215. The van der Waals surface area contributed by atoms with Crippen molar-refractivity contribution in [2.45, 2.75) is 0 Å². The fourth-order valence-electron chi connectivity index (χ4n) is 1.25. The summed E-state index contributed by atoms with van der Waals surface area (Å²) in [5.41, 5.74) is 1.14. The number of para-hydroxylation sites is 1. The Balaban J connectivity index is 2.18. The van der Waals surface area contributed by atoms with Gasteiger partial charge >= 0.3 is 0 Å². The van der Waals surface area contributed by atoms with Crippen molar-refractivity contribution in [3.63, 3.8) is 0 Å². The number of anilines is 1. The number of carbonyl (C=O) groups is 1. The van der Waals surface area contributed by atoms with E-state index in [2.05, 4.69) is 26.2 Å². The van der Waals surface area contributed by atoms with Crippen molar-refractivity contribution in [2.24, 2.45) is 0 Å². The van der Waals surface area contributed by atoms with E-state index in [1.807, 2.05) is 24.3 Å². The minimum Gasteiger partial charge on any atom is -0.320 e. The van der Waals surface area contributed by atoms with Crippen LogP contribution in [-0.2, 0) is 0 Å². The fraction of sp³-hybridized carbons (Fsp3) is 0. The van der Waals surface area contributed by atoms with Crippen molar-refractivity contribution in [2.75, 3.05) is 5.32 Å². The molecule has 0 saturated carbocycles. The molecule has 4 heteroatoms. The maximum Gasteiger partial charge on any atom is 0.274 e. The highest BCUT2D eigenvalue weighted by Gasteiger charge is 2.07. The highest BCUT2D eigenvalue weighted by atomic mass is 79.9. The van der Waals surface area contributed by atoms with Crippen LogP contribution >= 0.6 is 15.9 Å². The van der Waals surface area contributed by atoms with Crippen LogP contribution in [0.3, 0.4) is 0 Å². The normalized spacial score (nSPS) is 9.81. The van der Waals surface area contributed by atoms with Gasteiger partial charge in [-0.15, -0.1) is 0 Å². The van der Waals surface area contributed by atoms with Gasteiger partial charge in [0.1, 0.15) is 5.69 Å². The Labute approximate surface area is 102 Å². The third kappa shape index (κ3) is 2.46. The molecule has 0 bridgehead atoms. The molecule has 16 heavy (non-hydrogen) atoms. The molecule has 80 valence electrons. The molecule has 1 aromatic carbocycles. The quantitative estimate of drug-likeness (QED) is 0.916. The lowest BCUT2D eigenvalue weighted by Gasteiger charge is -2.05. The summed E-state index contributed by atoms with van der Waals surface area (Å²) in [6, 6.07) is 12.7. The number of hydrogen-bond donors (Lipinski definition) is 1. The Morgan fingerprint density at radius 3 is 2.56 bits per heavy atom. The molecular formula is C12H9BrN2O. The number of benzene rings is 1. The first kappa shape index (κ1) is 10.8. The van der Waals surface area contributed by atoms with Crippen LogP contribution in [0.2, 0.25) is 0 Å². The van der Waals surface area contributed by atoms with Crippen molar-refractivity contribution in [1.82, 2.24) is 4.98 Å². The molecule has 1 N–H and O–H groups in total. The number of halogens is 1. The van der Waals surface area contributed by atoms with Crippen LogP contribution in [0, 0.1) is 0 Å². The predicted octanol–water partition coefficient (Wildman–Crippen LogP) is 3.10. The number of aromatic nitrogens is 1. The molecule has 1 aromatic heterocycles. The lowest BCUT2D eigenvalue weighted by molar-refractivity contribution is 0.102. The Kier molecular flexibility index (Phi) is 3.31. The van der Waals surface area contributed by atoms with E-state index >= 15 is 0 Å². The summed E-state index contributed by atoms with van der Waals surface area (Å²) < 4.78 is 0.847. The maximum absolute atomic E-state index is 11.8. The van der Waals surface area contributed by atoms with Crippen molar-refractivity contribution in [1.29, 1.82) is 0 Å². The van der Waals surface area contributed by atoms with E-state index in [0.717, 1.165) is 10.2 Å². The van der Waals surface area contributed by atoms with Gasteiger partial charge in [0.2, 0.25) is 0 Å². The molecule has 2 rings (SSSR count). The lowest BCUT2D eigenvalue weighted by Crippen LogP contribution is -2.13. The molecule has 0 atom stereocenters. The second-order valence-corrected chi connectivity index (χ2v) is 4.00. The number of hydrogen-bond acceptors (Lipinski definition) is 2. The van der Waals surface area contributed by atoms with Gasteiger partial charge in [-0.3, -0.25) is 9.78 Å². The first-order valence-corrected chi connectivity index (χ1v) is 5.53. The van der Waals surface area contributed by atoms with Gasteiger partial charge in [-0.1, -0.05) is 18.2 Å². The molecule has 0 radical (unpaired) electrons. The first-order valence-electron chi connectivity index (χ1n) is 4.74. The zero-order valence-corrected chi connectivity index (χ0v) is 9.94. The topological polar surface area (TPSA) is 42.0 Å². The van der Waals surface area contributed by atoms with E-state index in [1.165, 1.54) is 0 Å². The third-order valence-electron chi connectivity index (χ3n) is 2.02. The molecule has 0 aliphatic carbocycles. The summed E-state index contributed by atoms with van der Waals surface area (Å²) >= 11 is 3.36. The van der Waals surface area contributed by atoms with E-state index in [0.29, 0.717) is 5.69 Å².